The molecule has 54 valence electrons. The molecule has 0 aromatic rings. The number of halogens is 1. The van der Waals surface area contributed by atoms with Crippen LogP contribution < -0.4 is 0 Å². The van der Waals surface area contributed by atoms with E-state index in [1.165, 1.54) is 0 Å². The van der Waals surface area contributed by atoms with Gasteiger partial charge < -0.3 is 0 Å². The third kappa shape index (κ3) is 1.91. The van der Waals surface area contributed by atoms with Gasteiger partial charge in [-0.2, -0.15) is 0 Å². The van der Waals surface area contributed by atoms with Gasteiger partial charge in [-0.05, 0) is 6.42 Å². The minimum atomic E-state index is 0.623. The Balaban J connectivity index is 3.05. The number of rotatable bonds is 1. The molecule has 0 spiro atoms. The van der Waals surface area contributed by atoms with Crippen molar-refractivity contribution in [2.24, 2.45) is 0 Å². The zero-order chi connectivity index (χ0) is 8.27. The molecule has 0 saturated heterocycles. The van der Waals surface area contributed by atoms with Crippen LogP contribution in [0.5, 0.6) is 0 Å². The largest absolute Gasteiger partial charge is 0.115 e. The van der Waals surface area contributed by atoms with Gasteiger partial charge in [0.05, 0.1) is 0 Å². The first-order chi connectivity index (χ1) is 5.25. The van der Waals surface area contributed by atoms with E-state index < -0.39 is 0 Å². The van der Waals surface area contributed by atoms with Crippen molar-refractivity contribution in [2.45, 2.75) is 19.8 Å². The molecular formula is C9H8BCl. The molecule has 0 aromatic heterocycles. The molecular weight excluding hydrogens is 154 g/mol. The Morgan fingerprint density at radius 2 is 2.45 bits per heavy atom. The van der Waals surface area contributed by atoms with Crippen LogP contribution in [0.4, 0.5) is 0 Å². The van der Waals surface area contributed by atoms with Crippen molar-refractivity contribution in [3.8, 4) is 11.8 Å². The molecule has 2 radical (unpaired) electrons. The minimum absolute atomic E-state index is 0.623. The van der Waals surface area contributed by atoms with E-state index in [1.807, 2.05) is 13.0 Å². The molecule has 0 nitrogen and oxygen atoms in total. The van der Waals surface area contributed by atoms with Crippen molar-refractivity contribution in [2.75, 3.05) is 0 Å². The van der Waals surface area contributed by atoms with Crippen LogP contribution in [0.1, 0.15) is 19.8 Å². The first-order valence-corrected chi connectivity index (χ1v) is 3.97. The second-order valence-corrected chi connectivity index (χ2v) is 2.69. The van der Waals surface area contributed by atoms with E-state index in [0.717, 1.165) is 12.0 Å². The number of hydrogen-bond donors (Lipinski definition) is 0. The standard InChI is InChI=1S/C9H8BCl/c1-2-7-5-3-4-6-8(10)9(7)11/h6H,2,4H2,1H3. The Morgan fingerprint density at radius 3 is 3.09 bits per heavy atom. The summed E-state index contributed by atoms with van der Waals surface area (Å²) >= 11 is 5.92. The minimum Gasteiger partial charge on any atom is -0.0940 e. The van der Waals surface area contributed by atoms with Crippen molar-refractivity contribution in [3.63, 3.8) is 0 Å². The maximum Gasteiger partial charge on any atom is 0.115 e. The van der Waals surface area contributed by atoms with Gasteiger partial charge in [0, 0.05) is 17.0 Å². The van der Waals surface area contributed by atoms with E-state index in [2.05, 4.69) is 11.8 Å². The number of hydrogen-bond acceptors (Lipinski definition) is 0. The van der Waals surface area contributed by atoms with E-state index in [0.29, 0.717) is 16.9 Å². The lowest BCUT2D eigenvalue weighted by Crippen LogP contribution is -1.86. The summed E-state index contributed by atoms with van der Waals surface area (Å²) in [6.45, 7) is 2.02. The predicted molar refractivity (Wildman–Crippen MR) is 49.4 cm³/mol. The maximum absolute atomic E-state index is 5.92. The van der Waals surface area contributed by atoms with Crippen LogP contribution in [0.15, 0.2) is 22.2 Å². The van der Waals surface area contributed by atoms with E-state index >= 15 is 0 Å². The molecule has 1 aliphatic rings. The van der Waals surface area contributed by atoms with E-state index in [-0.39, 0.29) is 0 Å². The average Bonchev–Trinajstić information content (AvgIpc) is 2.16. The monoisotopic (exact) mass is 162 g/mol. The molecule has 0 saturated carbocycles. The van der Waals surface area contributed by atoms with Crippen LogP contribution in [-0.2, 0) is 0 Å². The van der Waals surface area contributed by atoms with Crippen LogP contribution in [0.3, 0.4) is 0 Å². The van der Waals surface area contributed by atoms with E-state index in [9.17, 15) is 0 Å². The van der Waals surface area contributed by atoms with Gasteiger partial charge in [-0.15, -0.1) is 0 Å². The molecule has 0 N–H and O–H groups in total. The second kappa shape index (κ2) is 3.69. The molecule has 11 heavy (non-hydrogen) atoms. The zero-order valence-corrected chi connectivity index (χ0v) is 7.20. The average molecular weight is 162 g/mol. The Bertz CT molecular complexity index is 276. The molecule has 0 aliphatic heterocycles. The van der Waals surface area contributed by atoms with Crippen LogP contribution in [0.25, 0.3) is 0 Å². The second-order valence-electron chi connectivity index (χ2n) is 2.31. The van der Waals surface area contributed by atoms with Gasteiger partial charge in [0.2, 0.25) is 0 Å². The lowest BCUT2D eigenvalue weighted by Gasteiger charge is -2.00. The predicted octanol–water partition coefficient (Wildman–Crippen LogP) is 2.35. The Labute approximate surface area is 73.7 Å². The van der Waals surface area contributed by atoms with Crippen molar-refractivity contribution in [1.82, 2.24) is 0 Å². The molecule has 1 rings (SSSR count). The quantitative estimate of drug-likeness (QED) is 0.410. The van der Waals surface area contributed by atoms with Gasteiger partial charge in [-0.1, -0.05) is 41.9 Å². The van der Waals surface area contributed by atoms with Crippen LogP contribution in [0.2, 0.25) is 0 Å². The lowest BCUT2D eigenvalue weighted by molar-refractivity contribution is 1.16. The summed E-state index contributed by atoms with van der Waals surface area (Å²) in [5.41, 5.74) is 1.58. The Kier molecular flexibility index (Phi) is 2.85. The Hall–Kier alpha value is -0.605. The SMILES string of the molecule is [B]C1=CCC#CC(CC)=C1Cl. The van der Waals surface area contributed by atoms with Crippen LogP contribution in [-0.4, -0.2) is 7.85 Å². The van der Waals surface area contributed by atoms with Crippen molar-refractivity contribution >= 4 is 19.4 Å². The molecule has 0 unspecified atom stereocenters. The highest BCUT2D eigenvalue weighted by Gasteiger charge is 2.03. The third-order valence-corrected chi connectivity index (χ3v) is 1.98. The molecule has 0 atom stereocenters. The summed E-state index contributed by atoms with van der Waals surface area (Å²) in [7, 11) is 5.64. The molecule has 1 aliphatic carbocycles. The number of allylic oxidation sites excluding steroid dienone is 4. The fourth-order valence-corrected chi connectivity index (χ4v) is 1.14. The van der Waals surface area contributed by atoms with Crippen molar-refractivity contribution < 1.29 is 0 Å². The molecule has 0 heterocycles. The van der Waals surface area contributed by atoms with E-state index in [4.69, 9.17) is 19.4 Å². The summed E-state index contributed by atoms with van der Waals surface area (Å²) in [4.78, 5) is 0. The van der Waals surface area contributed by atoms with Gasteiger partial charge in [0.25, 0.3) is 0 Å². The molecule has 0 amide bonds. The fourth-order valence-electron chi connectivity index (χ4n) is 0.881. The summed E-state index contributed by atoms with van der Waals surface area (Å²) in [5, 5.41) is 0.623. The van der Waals surface area contributed by atoms with Gasteiger partial charge in [0.1, 0.15) is 7.85 Å². The highest BCUT2D eigenvalue weighted by Crippen LogP contribution is 2.20. The highest BCUT2D eigenvalue weighted by atomic mass is 35.5. The molecule has 2 heteroatoms. The van der Waals surface area contributed by atoms with Gasteiger partial charge >= 0.3 is 0 Å². The van der Waals surface area contributed by atoms with E-state index in [1.54, 1.807) is 0 Å². The zero-order valence-electron chi connectivity index (χ0n) is 6.45. The van der Waals surface area contributed by atoms with Crippen molar-refractivity contribution in [1.29, 1.82) is 0 Å². The molecule has 0 bridgehead atoms. The maximum atomic E-state index is 5.92. The van der Waals surface area contributed by atoms with Gasteiger partial charge in [-0.3, -0.25) is 0 Å². The normalized spacial score (nSPS) is 16.7. The third-order valence-electron chi connectivity index (χ3n) is 1.54. The first kappa shape index (κ1) is 8.49. The summed E-state index contributed by atoms with van der Waals surface area (Å²) < 4.78 is 0. The first-order valence-electron chi connectivity index (χ1n) is 3.59. The topological polar surface area (TPSA) is 0 Å². The van der Waals surface area contributed by atoms with Gasteiger partial charge in [0.15, 0.2) is 0 Å². The lowest BCUT2D eigenvalue weighted by atomic mass is 9.92. The summed E-state index contributed by atoms with van der Waals surface area (Å²) in [5.74, 6) is 5.94. The van der Waals surface area contributed by atoms with Crippen LogP contribution >= 0.6 is 11.6 Å². The Morgan fingerprint density at radius 1 is 1.73 bits per heavy atom. The van der Waals surface area contributed by atoms with Crippen LogP contribution in [0, 0.1) is 11.8 Å². The fraction of sp³-hybridized carbons (Fsp3) is 0.333. The summed E-state index contributed by atoms with van der Waals surface area (Å²) in [6, 6.07) is 0. The van der Waals surface area contributed by atoms with Crippen molar-refractivity contribution in [3.05, 3.63) is 22.2 Å². The highest BCUT2D eigenvalue weighted by molar-refractivity contribution is 6.41. The molecule has 0 fully saturated rings. The summed E-state index contributed by atoms with van der Waals surface area (Å²) in [6.07, 6.45) is 3.39. The smallest absolute Gasteiger partial charge is 0.0940 e. The molecule has 0 aromatic carbocycles. The van der Waals surface area contributed by atoms with Gasteiger partial charge in [-0.25, -0.2) is 0 Å².